The Bertz CT molecular complexity index is 1030. The van der Waals surface area contributed by atoms with Crippen LogP contribution in [-0.4, -0.2) is 66.9 Å². The minimum Gasteiger partial charge on any atom is -0.481 e. The normalized spacial score (nSPS) is 18.2. The molecular formula is C27H32N2O6. The summed E-state index contributed by atoms with van der Waals surface area (Å²) in [4.78, 5) is 38.5. The van der Waals surface area contributed by atoms with E-state index in [-0.39, 0.29) is 38.0 Å². The van der Waals surface area contributed by atoms with E-state index in [1.165, 1.54) is 4.90 Å². The Morgan fingerprint density at radius 3 is 2.40 bits per heavy atom. The van der Waals surface area contributed by atoms with Gasteiger partial charge in [-0.3, -0.25) is 9.59 Å². The number of rotatable bonds is 8. The minimum atomic E-state index is -0.980. The molecule has 2 aromatic carbocycles. The molecule has 8 nitrogen and oxygen atoms in total. The zero-order chi connectivity index (χ0) is 24.8. The molecule has 0 spiro atoms. The van der Waals surface area contributed by atoms with E-state index in [9.17, 15) is 19.5 Å². The van der Waals surface area contributed by atoms with E-state index in [0.717, 1.165) is 28.7 Å². The molecule has 186 valence electrons. The highest BCUT2D eigenvalue weighted by atomic mass is 16.5. The lowest BCUT2D eigenvalue weighted by Gasteiger charge is -2.25. The van der Waals surface area contributed by atoms with Gasteiger partial charge in [0.25, 0.3) is 0 Å². The third kappa shape index (κ3) is 5.82. The number of amides is 2. The lowest BCUT2D eigenvalue weighted by molar-refractivity contribution is -0.144. The molecule has 1 fully saturated rings. The van der Waals surface area contributed by atoms with Crippen molar-refractivity contribution in [2.75, 3.05) is 32.9 Å². The fourth-order valence-corrected chi connectivity index (χ4v) is 4.91. The first-order valence-electron chi connectivity index (χ1n) is 12.2. The Balaban J connectivity index is 1.35. The molecular weight excluding hydrogens is 448 g/mol. The number of nitrogens with zero attached hydrogens (tertiary/aromatic N) is 1. The van der Waals surface area contributed by atoms with Gasteiger partial charge in [-0.05, 0) is 28.7 Å². The molecule has 0 radical (unpaired) electrons. The highest BCUT2D eigenvalue weighted by Gasteiger charge is 2.31. The van der Waals surface area contributed by atoms with Crippen molar-refractivity contribution >= 4 is 18.0 Å². The molecule has 2 aliphatic rings. The van der Waals surface area contributed by atoms with Crippen molar-refractivity contribution in [2.45, 2.75) is 38.1 Å². The Kier molecular flexibility index (Phi) is 8.02. The molecule has 8 heteroatoms. The van der Waals surface area contributed by atoms with Crippen molar-refractivity contribution in [3.8, 4) is 11.1 Å². The summed E-state index contributed by atoms with van der Waals surface area (Å²) >= 11 is 0. The average molecular weight is 481 g/mol. The van der Waals surface area contributed by atoms with Crippen LogP contribution in [0.2, 0.25) is 0 Å². The van der Waals surface area contributed by atoms with E-state index in [0.29, 0.717) is 19.6 Å². The summed E-state index contributed by atoms with van der Waals surface area (Å²) in [6.45, 7) is 3.03. The number of hydrogen-bond donors (Lipinski definition) is 2. The van der Waals surface area contributed by atoms with Gasteiger partial charge < -0.3 is 24.8 Å². The summed E-state index contributed by atoms with van der Waals surface area (Å²) in [5, 5.41) is 12.2. The lowest BCUT2D eigenvalue weighted by atomic mass is 9.98. The van der Waals surface area contributed by atoms with Gasteiger partial charge in [-0.25, -0.2) is 4.79 Å². The van der Waals surface area contributed by atoms with Gasteiger partial charge in [0.05, 0.1) is 19.1 Å². The number of benzene rings is 2. The summed E-state index contributed by atoms with van der Waals surface area (Å²) in [6.07, 6.45) is 0.927. The van der Waals surface area contributed by atoms with Gasteiger partial charge in [0.15, 0.2) is 0 Å². The van der Waals surface area contributed by atoms with E-state index in [1.54, 1.807) is 0 Å². The van der Waals surface area contributed by atoms with E-state index >= 15 is 0 Å². The summed E-state index contributed by atoms with van der Waals surface area (Å²) in [5.41, 5.74) is 4.59. The van der Waals surface area contributed by atoms with Crippen LogP contribution < -0.4 is 5.32 Å². The Hall–Kier alpha value is -3.39. The van der Waals surface area contributed by atoms with E-state index in [4.69, 9.17) is 9.47 Å². The van der Waals surface area contributed by atoms with Crippen molar-refractivity contribution in [3.63, 3.8) is 0 Å². The van der Waals surface area contributed by atoms with Crippen molar-refractivity contribution in [2.24, 2.45) is 5.92 Å². The van der Waals surface area contributed by atoms with Crippen LogP contribution in [0.15, 0.2) is 48.5 Å². The highest BCUT2D eigenvalue weighted by Crippen LogP contribution is 2.44. The molecule has 0 bridgehead atoms. The highest BCUT2D eigenvalue weighted by molar-refractivity contribution is 5.80. The zero-order valence-electron chi connectivity index (χ0n) is 19.9. The van der Waals surface area contributed by atoms with Crippen LogP contribution in [0.25, 0.3) is 11.1 Å². The largest absolute Gasteiger partial charge is 0.481 e. The second-order valence-electron chi connectivity index (χ2n) is 9.11. The number of nitrogens with one attached hydrogen (secondary N) is 1. The molecule has 35 heavy (non-hydrogen) atoms. The summed E-state index contributed by atoms with van der Waals surface area (Å²) in [5.74, 6) is -1.96. The molecule has 2 N–H and O–H groups in total. The number of carbonyl (C=O) groups is 3. The maximum atomic E-state index is 12.9. The maximum absolute atomic E-state index is 12.9. The number of alkyl carbamates (subject to hydrolysis) is 1. The summed E-state index contributed by atoms with van der Waals surface area (Å²) in [7, 11) is 0. The van der Waals surface area contributed by atoms with E-state index in [1.807, 2.05) is 31.2 Å². The summed E-state index contributed by atoms with van der Waals surface area (Å²) < 4.78 is 11.0. The first-order chi connectivity index (χ1) is 17.0. The number of carbonyl (C=O) groups excluding carboxylic acids is 2. The van der Waals surface area contributed by atoms with Crippen LogP contribution in [0, 0.1) is 5.92 Å². The average Bonchev–Trinajstić information content (AvgIpc) is 2.98. The SMILES string of the molecule is CCC[C@@H](CC(=O)N1CCOCC(C(=O)O)C1)NC(=O)OCC1c2ccccc2-c2ccccc21. The third-order valence-corrected chi connectivity index (χ3v) is 6.69. The van der Waals surface area contributed by atoms with Crippen molar-refractivity contribution in [1.82, 2.24) is 10.2 Å². The number of hydrogen-bond acceptors (Lipinski definition) is 5. The summed E-state index contributed by atoms with van der Waals surface area (Å²) in [6, 6.07) is 15.9. The Morgan fingerprint density at radius 1 is 1.11 bits per heavy atom. The fourth-order valence-electron chi connectivity index (χ4n) is 4.91. The molecule has 2 amide bonds. The fraction of sp³-hybridized carbons (Fsp3) is 0.444. The van der Waals surface area contributed by atoms with Crippen molar-refractivity contribution in [3.05, 3.63) is 59.7 Å². The van der Waals surface area contributed by atoms with Gasteiger partial charge >= 0.3 is 12.1 Å². The second-order valence-corrected chi connectivity index (χ2v) is 9.11. The smallest absolute Gasteiger partial charge is 0.407 e. The van der Waals surface area contributed by atoms with Crippen molar-refractivity contribution in [1.29, 1.82) is 0 Å². The lowest BCUT2D eigenvalue weighted by Crippen LogP contribution is -2.43. The number of aliphatic carboxylic acids is 1. The number of fused-ring (bicyclic) bond motifs is 3. The van der Waals surface area contributed by atoms with Crippen LogP contribution in [-0.2, 0) is 19.1 Å². The Labute approximate surface area is 205 Å². The number of carboxylic acids is 1. The van der Waals surface area contributed by atoms with E-state index < -0.39 is 24.0 Å². The molecule has 1 saturated heterocycles. The quantitative estimate of drug-likeness (QED) is 0.598. The molecule has 4 rings (SSSR count). The molecule has 2 atom stereocenters. The first-order valence-corrected chi connectivity index (χ1v) is 12.2. The molecule has 2 aromatic rings. The van der Waals surface area contributed by atoms with Crippen LogP contribution >= 0.6 is 0 Å². The van der Waals surface area contributed by atoms with Crippen molar-refractivity contribution < 1.29 is 29.0 Å². The molecule has 0 saturated carbocycles. The van der Waals surface area contributed by atoms with Crippen LogP contribution in [0.3, 0.4) is 0 Å². The topological polar surface area (TPSA) is 105 Å². The zero-order valence-corrected chi connectivity index (χ0v) is 19.9. The van der Waals surface area contributed by atoms with Crippen LogP contribution in [0.4, 0.5) is 4.79 Å². The maximum Gasteiger partial charge on any atom is 0.407 e. The van der Waals surface area contributed by atoms with Gasteiger partial charge in [0.2, 0.25) is 5.91 Å². The monoisotopic (exact) mass is 480 g/mol. The molecule has 1 heterocycles. The Morgan fingerprint density at radius 2 is 1.77 bits per heavy atom. The van der Waals surface area contributed by atoms with Gasteiger partial charge in [-0.1, -0.05) is 61.9 Å². The first kappa shape index (κ1) is 24.7. The third-order valence-electron chi connectivity index (χ3n) is 6.69. The van der Waals surface area contributed by atoms with Gasteiger partial charge in [-0.15, -0.1) is 0 Å². The van der Waals surface area contributed by atoms with Crippen LogP contribution in [0.1, 0.15) is 43.2 Å². The van der Waals surface area contributed by atoms with Gasteiger partial charge in [-0.2, -0.15) is 0 Å². The predicted molar refractivity (Wildman–Crippen MR) is 130 cm³/mol. The predicted octanol–water partition coefficient (Wildman–Crippen LogP) is 3.64. The molecule has 1 aliphatic heterocycles. The molecule has 1 unspecified atom stereocenters. The molecule has 1 aliphatic carbocycles. The van der Waals surface area contributed by atoms with Gasteiger partial charge in [0.1, 0.15) is 6.61 Å². The number of ether oxygens (including phenoxy) is 2. The standard InChI is InChI=1S/C27H32N2O6/c1-2-7-19(14-25(30)29-12-13-34-16-18(15-29)26(31)32)28-27(33)35-17-24-22-10-5-3-8-20(22)21-9-4-6-11-23(21)24/h3-6,8-11,18-19,24H,2,7,12-17H2,1H3,(H,28,33)(H,31,32)/t18?,19-/m0/s1. The van der Waals surface area contributed by atoms with Gasteiger partial charge in [0, 0.05) is 31.5 Å². The minimum absolute atomic E-state index is 0.0375. The van der Waals surface area contributed by atoms with E-state index in [2.05, 4.69) is 29.6 Å². The number of carboxylic acid groups (broad SMARTS) is 1. The molecule has 0 aromatic heterocycles. The van der Waals surface area contributed by atoms with Crippen LogP contribution in [0.5, 0.6) is 0 Å². The second kappa shape index (κ2) is 11.4.